The van der Waals surface area contributed by atoms with Crippen molar-refractivity contribution in [3.8, 4) is 0 Å². The van der Waals surface area contributed by atoms with Crippen molar-refractivity contribution >= 4 is 5.91 Å². The Morgan fingerprint density at radius 1 is 1.05 bits per heavy atom. The molecule has 1 unspecified atom stereocenters. The molecule has 0 aliphatic carbocycles. The van der Waals surface area contributed by atoms with Gasteiger partial charge in [-0.3, -0.25) is 4.79 Å². The first-order valence-corrected chi connectivity index (χ1v) is 8.06. The van der Waals surface area contributed by atoms with E-state index >= 15 is 0 Å². The number of carbonyl (C=O) groups is 1. The third-order valence-electron chi connectivity index (χ3n) is 5.11. The Morgan fingerprint density at radius 2 is 1.79 bits per heavy atom. The first kappa shape index (κ1) is 13.4. The largest absolute Gasteiger partial charge is 0.343 e. The zero-order valence-corrected chi connectivity index (χ0v) is 11.9. The number of likely N-dealkylation sites (tertiary alicyclic amines) is 1. The number of fused-ring (bicyclic) bond motifs is 3. The van der Waals surface area contributed by atoms with Gasteiger partial charge in [0, 0.05) is 38.6 Å². The SMILES string of the molecule is O=C(CCNC1CN2CCC1CC2)N1CCCCC1. The fourth-order valence-electron chi connectivity index (χ4n) is 3.86. The second-order valence-electron chi connectivity index (χ2n) is 6.39. The lowest BCUT2D eigenvalue weighted by atomic mass is 9.84. The van der Waals surface area contributed by atoms with Crippen LogP contribution in [0.5, 0.6) is 0 Å². The Hall–Kier alpha value is -0.610. The first-order chi connectivity index (χ1) is 9.33. The van der Waals surface area contributed by atoms with Crippen LogP contribution in [0.1, 0.15) is 38.5 Å². The quantitative estimate of drug-likeness (QED) is 0.826. The van der Waals surface area contributed by atoms with Gasteiger partial charge in [-0.2, -0.15) is 0 Å². The number of nitrogens with zero attached hydrogens (tertiary/aromatic N) is 2. The average molecular weight is 265 g/mol. The summed E-state index contributed by atoms with van der Waals surface area (Å²) in [5.41, 5.74) is 0. The molecule has 4 rings (SSSR count). The fourth-order valence-corrected chi connectivity index (χ4v) is 3.86. The minimum atomic E-state index is 0.355. The third-order valence-corrected chi connectivity index (χ3v) is 5.11. The van der Waals surface area contributed by atoms with Gasteiger partial charge in [0.2, 0.25) is 5.91 Å². The highest BCUT2D eigenvalue weighted by Crippen LogP contribution is 2.27. The topological polar surface area (TPSA) is 35.6 Å². The van der Waals surface area contributed by atoms with Crippen molar-refractivity contribution in [2.75, 3.05) is 39.3 Å². The van der Waals surface area contributed by atoms with Crippen LogP contribution in [0.4, 0.5) is 0 Å². The molecule has 4 aliphatic heterocycles. The number of carbonyl (C=O) groups excluding carboxylic acids is 1. The van der Waals surface area contributed by atoms with E-state index in [1.165, 1.54) is 51.7 Å². The average Bonchev–Trinajstić information content (AvgIpc) is 2.49. The molecule has 4 aliphatic rings. The lowest BCUT2D eigenvalue weighted by molar-refractivity contribution is -0.132. The molecular weight excluding hydrogens is 238 g/mol. The van der Waals surface area contributed by atoms with Gasteiger partial charge in [-0.1, -0.05) is 0 Å². The van der Waals surface area contributed by atoms with E-state index in [1.807, 2.05) is 0 Å². The molecule has 4 nitrogen and oxygen atoms in total. The second-order valence-corrected chi connectivity index (χ2v) is 6.39. The van der Waals surface area contributed by atoms with Gasteiger partial charge in [0.1, 0.15) is 0 Å². The highest BCUT2D eigenvalue weighted by molar-refractivity contribution is 5.76. The normalized spacial score (nSPS) is 34.5. The molecule has 0 aromatic heterocycles. The lowest BCUT2D eigenvalue weighted by Gasteiger charge is -2.45. The molecule has 108 valence electrons. The van der Waals surface area contributed by atoms with Crippen molar-refractivity contribution in [1.82, 2.24) is 15.1 Å². The molecule has 1 N–H and O–H groups in total. The predicted octanol–water partition coefficient (Wildman–Crippen LogP) is 1.07. The van der Waals surface area contributed by atoms with E-state index in [0.717, 1.165) is 25.6 Å². The Balaban J connectivity index is 1.37. The van der Waals surface area contributed by atoms with E-state index < -0.39 is 0 Å². The molecule has 4 fully saturated rings. The van der Waals surface area contributed by atoms with Crippen molar-refractivity contribution in [1.29, 1.82) is 0 Å². The predicted molar refractivity (Wildman–Crippen MR) is 76.0 cm³/mol. The zero-order valence-electron chi connectivity index (χ0n) is 11.9. The van der Waals surface area contributed by atoms with E-state index in [4.69, 9.17) is 0 Å². The summed E-state index contributed by atoms with van der Waals surface area (Å²) in [5, 5.41) is 3.63. The minimum Gasteiger partial charge on any atom is -0.343 e. The Morgan fingerprint density at radius 3 is 2.42 bits per heavy atom. The monoisotopic (exact) mass is 265 g/mol. The van der Waals surface area contributed by atoms with Gasteiger partial charge in [0.05, 0.1) is 0 Å². The summed E-state index contributed by atoms with van der Waals surface area (Å²) in [6.07, 6.45) is 7.05. The molecular formula is C15H27N3O. The standard InChI is InChI=1S/C15H27N3O/c19-15(18-8-2-1-3-9-18)4-7-16-14-12-17-10-5-13(14)6-11-17/h13-14,16H,1-12H2. The number of hydrogen-bond donors (Lipinski definition) is 1. The summed E-state index contributed by atoms with van der Waals surface area (Å²) in [6.45, 7) is 6.61. The lowest BCUT2D eigenvalue weighted by Crippen LogP contribution is -2.56. The maximum Gasteiger partial charge on any atom is 0.223 e. The molecule has 19 heavy (non-hydrogen) atoms. The van der Waals surface area contributed by atoms with Crippen molar-refractivity contribution in [2.45, 2.75) is 44.6 Å². The van der Waals surface area contributed by atoms with Gasteiger partial charge >= 0.3 is 0 Å². The van der Waals surface area contributed by atoms with E-state index in [2.05, 4.69) is 15.1 Å². The van der Waals surface area contributed by atoms with Crippen molar-refractivity contribution in [3.63, 3.8) is 0 Å². The number of rotatable bonds is 4. The smallest absolute Gasteiger partial charge is 0.223 e. The maximum absolute atomic E-state index is 12.1. The van der Waals surface area contributed by atoms with E-state index in [-0.39, 0.29) is 0 Å². The Bertz CT molecular complexity index is 307. The zero-order chi connectivity index (χ0) is 13.1. The molecule has 0 aromatic carbocycles. The molecule has 0 radical (unpaired) electrons. The van der Waals surface area contributed by atoms with E-state index in [1.54, 1.807) is 0 Å². The van der Waals surface area contributed by atoms with Gasteiger partial charge in [-0.25, -0.2) is 0 Å². The second kappa shape index (κ2) is 6.23. The molecule has 4 saturated heterocycles. The van der Waals surface area contributed by atoms with Gasteiger partial charge < -0.3 is 15.1 Å². The summed E-state index contributed by atoms with van der Waals surface area (Å²) in [7, 11) is 0. The van der Waals surface area contributed by atoms with Gasteiger partial charge in [0.25, 0.3) is 0 Å². The molecule has 4 heterocycles. The third kappa shape index (κ3) is 3.29. The van der Waals surface area contributed by atoms with Crippen LogP contribution < -0.4 is 5.32 Å². The number of hydrogen-bond acceptors (Lipinski definition) is 3. The number of nitrogens with one attached hydrogen (secondary N) is 1. The molecule has 0 saturated carbocycles. The van der Waals surface area contributed by atoms with Crippen LogP contribution in [-0.4, -0.2) is 61.0 Å². The van der Waals surface area contributed by atoms with Crippen LogP contribution in [-0.2, 0) is 4.79 Å². The van der Waals surface area contributed by atoms with Crippen LogP contribution in [0.25, 0.3) is 0 Å². The molecule has 4 heteroatoms. The minimum absolute atomic E-state index is 0.355. The van der Waals surface area contributed by atoms with Crippen LogP contribution in [0, 0.1) is 5.92 Å². The van der Waals surface area contributed by atoms with E-state index in [9.17, 15) is 4.79 Å². The summed E-state index contributed by atoms with van der Waals surface area (Å²) in [5.74, 6) is 1.21. The van der Waals surface area contributed by atoms with Crippen molar-refractivity contribution in [2.24, 2.45) is 5.92 Å². The van der Waals surface area contributed by atoms with Crippen LogP contribution in [0.2, 0.25) is 0 Å². The van der Waals surface area contributed by atoms with Gasteiger partial charge in [-0.05, 0) is 51.1 Å². The molecule has 1 atom stereocenters. The molecule has 2 bridgehead atoms. The van der Waals surface area contributed by atoms with Gasteiger partial charge in [0.15, 0.2) is 0 Å². The van der Waals surface area contributed by atoms with Crippen LogP contribution in [0.3, 0.4) is 0 Å². The van der Waals surface area contributed by atoms with Crippen LogP contribution >= 0.6 is 0 Å². The molecule has 0 spiro atoms. The highest BCUT2D eigenvalue weighted by atomic mass is 16.2. The maximum atomic E-state index is 12.1. The molecule has 0 aromatic rings. The summed E-state index contributed by atoms with van der Waals surface area (Å²) < 4.78 is 0. The first-order valence-electron chi connectivity index (χ1n) is 8.06. The Labute approximate surface area is 116 Å². The summed E-state index contributed by atoms with van der Waals surface area (Å²) in [6, 6.07) is 0.636. The fraction of sp³-hybridized carbons (Fsp3) is 0.933. The van der Waals surface area contributed by atoms with Crippen LogP contribution in [0.15, 0.2) is 0 Å². The van der Waals surface area contributed by atoms with Crippen molar-refractivity contribution in [3.05, 3.63) is 0 Å². The van der Waals surface area contributed by atoms with E-state index in [0.29, 0.717) is 18.4 Å². The number of amides is 1. The highest BCUT2D eigenvalue weighted by Gasteiger charge is 2.33. The summed E-state index contributed by atoms with van der Waals surface area (Å²) in [4.78, 5) is 16.7. The molecule has 1 amide bonds. The van der Waals surface area contributed by atoms with Crippen molar-refractivity contribution < 1.29 is 4.79 Å². The number of piperidine rings is 4. The summed E-state index contributed by atoms with van der Waals surface area (Å²) >= 11 is 0. The Kier molecular flexibility index (Phi) is 4.38. The van der Waals surface area contributed by atoms with Gasteiger partial charge in [-0.15, -0.1) is 0 Å².